The zero-order chi connectivity index (χ0) is 18.8. The van der Waals surface area contributed by atoms with Crippen molar-refractivity contribution >= 4 is 33.5 Å². The molecule has 27 heavy (non-hydrogen) atoms. The van der Waals surface area contributed by atoms with Gasteiger partial charge in [-0.05, 0) is 47.0 Å². The number of nitrogens with zero attached hydrogens (tertiary/aromatic N) is 1. The van der Waals surface area contributed by atoms with E-state index in [0.717, 1.165) is 32.6 Å². The summed E-state index contributed by atoms with van der Waals surface area (Å²) in [6.07, 6.45) is 3.04. The molecule has 0 amide bonds. The standard InChI is InChI=1S/C22H14FNO2S/c23-18-10-11-19-20(14-18)27-22(26)24(19)21(25)12-9-15-5-4-8-17(13-15)16-6-2-1-3-7-16/h1-14H/b12-9+. The van der Waals surface area contributed by atoms with Crippen LogP contribution >= 0.6 is 11.3 Å². The second-order valence-electron chi connectivity index (χ2n) is 5.98. The lowest BCUT2D eigenvalue weighted by molar-refractivity contribution is 0.0972. The van der Waals surface area contributed by atoms with Crippen LogP contribution in [0.15, 0.2) is 83.7 Å². The molecule has 0 bridgehead atoms. The van der Waals surface area contributed by atoms with Crippen LogP contribution in [0.1, 0.15) is 10.4 Å². The minimum atomic E-state index is -0.456. The van der Waals surface area contributed by atoms with Crippen molar-refractivity contribution < 1.29 is 9.18 Å². The van der Waals surface area contributed by atoms with Crippen molar-refractivity contribution in [3.8, 4) is 11.1 Å². The van der Waals surface area contributed by atoms with Gasteiger partial charge in [0.05, 0.1) is 10.2 Å². The van der Waals surface area contributed by atoms with Crippen LogP contribution in [0.2, 0.25) is 0 Å². The van der Waals surface area contributed by atoms with Crippen LogP contribution in [-0.4, -0.2) is 10.5 Å². The highest BCUT2D eigenvalue weighted by Gasteiger charge is 2.12. The Hall–Kier alpha value is -3.31. The summed E-state index contributed by atoms with van der Waals surface area (Å²) < 4.78 is 14.8. The monoisotopic (exact) mass is 375 g/mol. The average molecular weight is 375 g/mol. The predicted molar refractivity (Wildman–Crippen MR) is 108 cm³/mol. The molecular formula is C22H14FNO2S. The lowest BCUT2D eigenvalue weighted by Gasteiger charge is -2.03. The summed E-state index contributed by atoms with van der Waals surface area (Å²) in [5.41, 5.74) is 3.39. The Morgan fingerprint density at radius 2 is 1.70 bits per heavy atom. The normalized spacial score (nSPS) is 11.3. The number of rotatable bonds is 3. The number of hydrogen-bond acceptors (Lipinski definition) is 3. The second-order valence-corrected chi connectivity index (χ2v) is 6.97. The van der Waals surface area contributed by atoms with Gasteiger partial charge in [-0.2, -0.15) is 0 Å². The molecule has 1 heterocycles. The molecule has 0 spiro atoms. The number of fused-ring (bicyclic) bond motifs is 1. The van der Waals surface area contributed by atoms with Gasteiger partial charge in [0.15, 0.2) is 0 Å². The minimum absolute atomic E-state index is 0.416. The summed E-state index contributed by atoms with van der Waals surface area (Å²) in [6.45, 7) is 0. The molecule has 3 nitrogen and oxygen atoms in total. The molecule has 0 saturated heterocycles. The van der Waals surface area contributed by atoms with Crippen molar-refractivity contribution in [1.82, 2.24) is 4.57 Å². The molecule has 0 aliphatic carbocycles. The molecule has 4 rings (SSSR count). The molecule has 0 radical (unpaired) electrons. The number of hydrogen-bond donors (Lipinski definition) is 0. The summed E-state index contributed by atoms with van der Waals surface area (Å²) in [5.74, 6) is -0.889. The fourth-order valence-electron chi connectivity index (χ4n) is 2.90. The number of allylic oxidation sites excluding steroid dienone is 1. The Labute approximate surface area is 158 Å². The zero-order valence-electron chi connectivity index (χ0n) is 14.1. The lowest BCUT2D eigenvalue weighted by atomic mass is 10.0. The van der Waals surface area contributed by atoms with Gasteiger partial charge in [0.2, 0.25) is 0 Å². The fraction of sp³-hybridized carbons (Fsp3) is 0. The molecule has 0 aliphatic heterocycles. The quantitative estimate of drug-likeness (QED) is 0.460. The van der Waals surface area contributed by atoms with Crippen molar-refractivity contribution in [3.05, 3.63) is 99.9 Å². The van der Waals surface area contributed by atoms with E-state index in [1.165, 1.54) is 24.3 Å². The van der Waals surface area contributed by atoms with Crippen LogP contribution in [0.5, 0.6) is 0 Å². The van der Waals surface area contributed by atoms with E-state index in [9.17, 15) is 14.0 Å². The lowest BCUT2D eigenvalue weighted by Crippen LogP contribution is -2.19. The largest absolute Gasteiger partial charge is 0.315 e. The molecule has 4 aromatic rings. The number of carbonyl (C=O) groups is 1. The second kappa shape index (κ2) is 7.13. The summed E-state index contributed by atoms with van der Waals surface area (Å²) in [7, 11) is 0. The van der Waals surface area contributed by atoms with E-state index in [1.54, 1.807) is 6.08 Å². The first-order chi connectivity index (χ1) is 13.1. The van der Waals surface area contributed by atoms with Crippen molar-refractivity contribution in [1.29, 1.82) is 0 Å². The van der Waals surface area contributed by atoms with Crippen LogP contribution in [0.3, 0.4) is 0 Å². The number of halogens is 1. The summed E-state index contributed by atoms with van der Waals surface area (Å²) in [5, 5.41) is 0. The third-order valence-corrected chi connectivity index (χ3v) is 5.08. The molecule has 1 aromatic heterocycles. The molecule has 0 N–H and O–H groups in total. The highest BCUT2D eigenvalue weighted by Crippen LogP contribution is 2.21. The van der Waals surface area contributed by atoms with E-state index in [4.69, 9.17) is 0 Å². The van der Waals surface area contributed by atoms with Crippen molar-refractivity contribution in [2.24, 2.45) is 0 Å². The zero-order valence-corrected chi connectivity index (χ0v) is 14.9. The Kier molecular flexibility index (Phi) is 4.52. The van der Waals surface area contributed by atoms with Gasteiger partial charge in [0.25, 0.3) is 5.91 Å². The molecule has 3 aromatic carbocycles. The van der Waals surface area contributed by atoms with E-state index in [1.807, 2.05) is 54.6 Å². The van der Waals surface area contributed by atoms with Crippen molar-refractivity contribution in [3.63, 3.8) is 0 Å². The number of carbonyl (C=O) groups excluding carboxylic acids is 1. The summed E-state index contributed by atoms with van der Waals surface area (Å²) in [6, 6.07) is 21.7. The molecule has 0 atom stereocenters. The van der Waals surface area contributed by atoms with E-state index < -0.39 is 16.6 Å². The average Bonchev–Trinajstić information content (AvgIpc) is 3.02. The third-order valence-electron chi connectivity index (χ3n) is 4.18. The molecular weight excluding hydrogens is 361 g/mol. The summed E-state index contributed by atoms with van der Waals surface area (Å²) >= 11 is 0.855. The van der Waals surface area contributed by atoms with E-state index in [0.29, 0.717) is 10.2 Å². The smallest absolute Gasteiger partial charge is 0.269 e. The molecule has 0 saturated carbocycles. The summed E-state index contributed by atoms with van der Waals surface area (Å²) in [4.78, 5) is 24.3. The minimum Gasteiger partial charge on any atom is -0.269 e. The first-order valence-corrected chi connectivity index (χ1v) is 9.12. The Balaban J connectivity index is 1.65. The first kappa shape index (κ1) is 17.1. The highest BCUT2D eigenvalue weighted by atomic mass is 32.1. The molecule has 132 valence electrons. The van der Waals surface area contributed by atoms with Gasteiger partial charge in [0.1, 0.15) is 5.82 Å². The van der Waals surface area contributed by atoms with Gasteiger partial charge in [-0.3, -0.25) is 9.59 Å². The Morgan fingerprint density at radius 1 is 0.926 bits per heavy atom. The molecule has 0 aliphatic rings. The SMILES string of the molecule is O=C(/C=C/c1cccc(-c2ccccc2)c1)n1c(=O)sc2cc(F)ccc21. The van der Waals surface area contributed by atoms with Crippen LogP contribution in [-0.2, 0) is 0 Å². The van der Waals surface area contributed by atoms with E-state index in [-0.39, 0.29) is 0 Å². The maximum atomic E-state index is 13.3. The first-order valence-electron chi connectivity index (χ1n) is 8.31. The Morgan fingerprint density at radius 3 is 2.52 bits per heavy atom. The molecule has 5 heteroatoms. The Bertz CT molecular complexity index is 1220. The van der Waals surface area contributed by atoms with Gasteiger partial charge in [-0.15, -0.1) is 0 Å². The highest BCUT2D eigenvalue weighted by molar-refractivity contribution is 7.16. The topological polar surface area (TPSA) is 39.1 Å². The predicted octanol–water partition coefficient (Wildman–Crippen LogP) is 5.22. The number of thiazole rings is 1. The van der Waals surface area contributed by atoms with E-state index >= 15 is 0 Å². The van der Waals surface area contributed by atoms with Gasteiger partial charge in [0, 0.05) is 6.08 Å². The number of aromatic nitrogens is 1. The maximum Gasteiger partial charge on any atom is 0.315 e. The van der Waals surface area contributed by atoms with Gasteiger partial charge in [-0.25, -0.2) is 8.96 Å². The van der Waals surface area contributed by atoms with Crippen LogP contribution in [0.4, 0.5) is 4.39 Å². The van der Waals surface area contributed by atoms with Gasteiger partial charge < -0.3 is 0 Å². The maximum absolute atomic E-state index is 13.3. The van der Waals surface area contributed by atoms with Crippen molar-refractivity contribution in [2.45, 2.75) is 0 Å². The third kappa shape index (κ3) is 3.50. The van der Waals surface area contributed by atoms with Gasteiger partial charge >= 0.3 is 4.87 Å². The number of benzene rings is 3. The van der Waals surface area contributed by atoms with Crippen molar-refractivity contribution in [2.75, 3.05) is 0 Å². The van der Waals surface area contributed by atoms with Crippen LogP contribution in [0, 0.1) is 5.82 Å². The van der Waals surface area contributed by atoms with E-state index in [2.05, 4.69) is 0 Å². The molecule has 0 fully saturated rings. The van der Waals surface area contributed by atoms with Crippen LogP contribution in [0.25, 0.3) is 27.4 Å². The molecule has 0 unspecified atom stereocenters. The van der Waals surface area contributed by atoms with Gasteiger partial charge in [-0.1, -0.05) is 59.9 Å². The fourth-order valence-corrected chi connectivity index (χ4v) is 3.80. The van der Waals surface area contributed by atoms with Crippen LogP contribution < -0.4 is 4.87 Å².